The molecule has 0 aliphatic carbocycles. The average molecular weight is 255 g/mol. The molecule has 5 heteroatoms. The normalized spacial score (nSPS) is 10.1. The second-order valence-corrected chi connectivity index (χ2v) is 4.31. The fraction of sp³-hybridized carbons (Fsp3) is 0.286. The molecule has 0 atom stereocenters. The van der Waals surface area contributed by atoms with Gasteiger partial charge in [-0.3, -0.25) is 0 Å². The maximum atomic E-state index is 8.72. The summed E-state index contributed by atoms with van der Waals surface area (Å²) >= 11 is 0. The SMILES string of the molecule is N#CCc1cc(NCCCc2ncc[nH]2)ccc1N. The summed E-state index contributed by atoms with van der Waals surface area (Å²) < 4.78 is 0. The Balaban J connectivity index is 1.82. The summed E-state index contributed by atoms with van der Waals surface area (Å²) in [5, 5.41) is 12.0. The highest BCUT2D eigenvalue weighted by molar-refractivity contribution is 5.57. The first kappa shape index (κ1) is 13.0. The van der Waals surface area contributed by atoms with Gasteiger partial charge in [-0.25, -0.2) is 4.98 Å². The first-order valence-corrected chi connectivity index (χ1v) is 6.27. The standard InChI is InChI=1S/C14H17N5/c15-6-5-11-10-12(3-4-13(11)16)17-7-1-2-14-18-8-9-19-14/h3-4,8-10,17H,1-2,5,7,16H2,(H,18,19). The highest BCUT2D eigenvalue weighted by Crippen LogP contribution is 2.18. The molecule has 2 aromatic rings. The summed E-state index contributed by atoms with van der Waals surface area (Å²) in [5.41, 5.74) is 8.35. The number of nitriles is 1. The van der Waals surface area contributed by atoms with Gasteiger partial charge in [0, 0.05) is 36.7 Å². The van der Waals surface area contributed by atoms with E-state index in [1.165, 1.54) is 0 Å². The zero-order valence-electron chi connectivity index (χ0n) is 10.7. The maximum Gasteiger partial charge on any atom is 0.106 e. The molecule has 0 aliphatic rings. The number of hydrogen-bond acceptors (Lipinski definition) is 4. The van der Waals surface area contributed by atoms with E-state index in [1.54, 1.807) is 6.20 Å². The first-order valence-electron chi connectivity index (χ1n) is 6.27. The predicted octanol–water partition coefficient (Wildman–Crippen LogP) is 2.10. The number of nitrogens with one attached hydrogen (secondary N) is 2. The number of hydrogen-bond donors (Lipinski definition) is 3. The zero-order valence-corrected chi connectivity index (χ0v) is 10.7. The van der Waals surface area contributed by atoms with Crippen LogP contribution < -0.4 is 11.1 Å². The van der Waals surface area contributed by atoms with E-state index in [-0.39, 0.29) is 0 Å². The molecule has 0 saturated heterocycles. The number of nitrogens with two attached hydrogens (primary N) is 1. The number of benzene rings is 1. The molecule has 98 valence electrons. The summed E-state index contributed by atoms with van der Waals surface area (Å²) in [5.74, 6) is 1.00. The van der Waals surface area contributed by atoms with E-state index in [0.717, 1.165) is 36.5 Å². The Kier molecular flexibility index (Phi) is 4.40. The fourth-order valence-electron chi connectivity index (χ4n) is 1.88. The molecule has 1 aromatic heterocycles. The Hall–Kier alpha value is -2.48. The molecule has 5 nitrogen and oxygen atoms in total. The number of aromatic nitrogens is 2. The Morgan fingerprint density at radius 2 is 2.32 bits per heavy atom. The van der Waals surface area contributed by atoms with Crippen molar-refractivity contribution in [1.29, 1.82) is 5.26 Å². The molecular weight excluding hydrogens is 238 g/mol. The van der Waals surface area contributed by atoms with Gasteiger partial charge in [0.25, 0.3) is 0 Å². The Morgan fingerprint density at radius 3 is 3.05 bits per heavy atom. The largest absolute Gasteiger partial charge is 0.398 e. The number of aromatic amines is 1. The zero-order chi connectivity index (χ0) is 13.5. The summed E-state index contributed by atoms with van der Waals surface area (Å²) in [6, 6.07) is 7.82. The molecule has 2 rings (SSSR count). The van der Waals surface area contributed by atoms with Crippen LogP contribution in [0, 0.1) is 11.3 Å². The van der Waals surface area contributed by atoms with E-state index in [0.29, 0.717) is 12.1 Å². The molecular formula is C14H17N5. The van der Waals surface area contributed by atoms with Crippen molar-refractivity contribution >= 4 is 11.4 Å². The molecule has 0 amide bonds. The highest BCUT2D eigenvalue weighted by atomic mass is 14.9. The van der Waals surface area contributed by atoms with Crippen molar-refractivity contribution in [1.82, 2.24) is 9.97 Å². The number of imidazole rings is 1. The van der Waals surface area contributed by atoms with Gasteiger partial charge < -0.3 is 16.0 Å². The van der Waals surface area contributed by atoms with Gasteiger partial charge >= 0.3 is 0 Å². The number of anilines is 2. The summed E-state index contributed by atoms with van der Waals surface area (Å²) in [7, 11) is 0. The van der Waals surface area contributed by atoms with Gasteiger partial charge in [0.1, 0.15) is 5.82 Å². The van der Waals surface area contributed by atoms with Gasteiger partial charge in [-0.15, -0.1) is 0 Å². The third-order valence-corrected chi connectivity index (χ3v) is 2.89. The highest BCUT2D eigenvalue weighted by Gasteiger charge is 2.01. The molecule has 0 spiro atoms. The van der Waals surface area contributed by atoms with E-state index in [9.17, 15) is 0 Å². The van der Waals surface area contributed by atoms with Gasteiger partial charge in [-0.05, 0) is 30.2 Å². The van der Waals surface area contributed by atoms with Crippen LogP contribution in [0.2, 0.25) is 0 Å². The molecule has 1 heterocycles. The smallest absolute Gasteiger partial charge is 0.106 e. The van der Waals surface area contributed by atoms with Gasteiger partial charge in [0.15, 0.2) is 0 Å². The lowest BCUT2D eigenvalue weighted by Gasteiger charge is -2.08. The van der Waals surface area contributed by atoms with Crippen LogP contribution in [0.3, 0.4) is 0 Å². The third-order valence-electron chi connectivity index (χ3n) is 2.89. The van der Waals surface area contributed by atoms with Crippen molar-refractivity contribution in [2.45, 2.75) is 19.3 Å². The summed E-state index contributed by atoms with van der Waals surface area (Å²) in [4.78, 5) is 7.25. The maximum absolute atomic E-state index is 8.72. The van der Waals surface area contributed by atoms with Crippen LogP contribution in [0.15, 0.2) is 30.6 Å². The van der Waals surface area contributed by atoms with Gasteiger partial charge in [0.2, 0.25) is 0 Å². The second kappa shape index (κ2) is 6.45. The molecule has 0 radical (unpaired) electrons. The lowest BCUT2D eigenvalue weighted by molar-refractivity contribution is 0.816. The van der Waals surface area contributed by atoms with Crippen molar-refractivity contribution in [3.8, 4) is 6.07 Å². The van der Waals surface area contributed by atoms with Gasteiger partial charge in [0.05, 0.1) is 12.5 Å². The van der Waals surface area contributed by atoms with Gasteiger partial charge in [-0.2, -0.15) is 5.26 Å². The molecule has 0 saturated carbocycles. The molecule has 4 N–H and O–H groups in total. The Bertz CT molecular complexity index is 554. The average Bonchev–Trinajstić information content (AvgIpc) is 2.92. The van der Waals surface area contributed by atoms with Crippen LogP contribution in [-0.4, -0.2) is 16.5 Å². The topological polar surface area (TPSA) is 90.5 Å². The minimum absolute atomic E-state index is 0.341. The van der Waals surface area contributed by atoms with Crippen molar-refractivity contribution in [3.63, 3.8) is 0 Å². The second-order valence-electron chi connectivity index (χ2n) is 4.31. The number of rotatable bonds is 6. The van der Waals surface area contributed by atoms with Crippen molar-refractivity contribution in [3.05, 3.63) is 42.0 Å². The van der Waals surface area contributed by atoms with E-state index >= 15 is 0 Å². The summed E-state index contributed by atoms with van der Waals surface area (Å²) in [6.07, 6.45) is 5.84. The number of H-pyrrole nitrogens is 1. The lowest BCUT2D eigenvalue weighted by Crippen LogP contribution is -2.04. The van der Waals surface area contributed by atoms with E-state index in [4.69, 9.17) is 11.0 Å². The molecule has 0 unspecified atom stereocenters. The minimum atomic E-state index is 0.341. The minimum Gasteiger partial charge on any atom is -0.398 e. The van der Waals surface area contributed by atoms with E-state index in [1.807, 2.05) is 24.4 Å². The number of aryl methyl sites for hydroxylation is 1. The molecule has 0 bridgehead atoms. The number of nitrogens with zero attached hydrogens (tertiary/aromatic N) is 2. The fourth-order valence-corrected chi connectivity index (χ4v) is 1.88. The van der Waals surface area contributed by atoms with Crippen LogP contribution in [0.5, 0.6) is 0 Å². The van der Waals surface area contributed by atoms with Crippen LogP contribution in [0.25, 0.3) is 0 Å². The van der Waals surface area contributed by atoms with Crippen LogP contribution >= 0.6 is 0 Å². The Labute approximate surface area is 112 Å². The summed E-state index contributed by atoms with van der Waals surface area (Å²) in [6.45, 7) is 0.858. The van der Waals surface area contributed by atoms with Crippen LogP contribution in [0.4, 0.5) is 11.4 Å². The van der Waals surface area contributed by atoms with E-state index < -0.39 is 0 Å². The molecule has 0 fully saturated rings. The third kappa shape index (κ3) is 3.75. The van der Waals surface area contributed by atoms with E-state index in [2.05, 4.69) is 21.4 Å². The van der Waals surface area contributed by atoms with Crippen molar-refractivity contribution < 1.29 is 0 Å². The quantitative estimate of drug-likeness (QED) is 0.544. The van der Waals surface area contributed by atoms with Crippen LogP contribution in [0.1, 0.15) is 17.8 Å². The van der Waals surface area contributed by atoms with Gasteiger partial charge in [-0.1, -0.05) is 0 Å². The molecule has 19 heavy (non-hydrogen) atoms. The lowest BCUT2D eigenvalue weighted by atomic mass is 10.1. The predicted molar refractivity (Wildman–Crippen MR) is 75.6 cm³/mol. The Morgan fingerprint density at radius 1 is 1.42 bits per heavy atom. The van der Waals surface area contributed by atoms with Crippen LogP contribution in [-0.2, 0) is 12.8 Å². The van der Waals surface area contributed by atoms with Crippen molar-refractivity contribution in [2.75, 3.05) is 17.6 Å². The first-order chi connectivity index (χ1) is 9.29. The number of nitrogen functional groups attached to an aromatic ring is 1. The molecule has 0 aliphatic heterocycles. The molecule has 1 aromatic carbocycles. The monoisotopic (exact) mass is 255 g/mol. The van der Waals surface area contributed by atoms with Crippen molar-refractivity contribution in [2.24, 2.45) is 0 Å².